The van der Waals surface area contributed by atoms with E-state index >= 15 is 0 Å². The van der Waals surface area contributed by atoms with Gasteiger partial charge in [-0.2, -0.15) is 5.26 Å². The van der Waals surface area contributed by atoms with Gasteiger partial charge in [-0.25, -0.2) is 0 Å². The number of carbonyl (C=O) groups is 2. The van der Waals surface area contributed by atoms with E-state index in [1.54, 1.807) is 29.6 Å². The van der Waals surface area contributed by atoms with Crippen molar-refractivity contribution < 1.29 is 19.1 Å². The van der Waals surface area contributed by atoms with Gasteiger partial charge in [0.05, 0.1) is 12.1 Å². The van der Waals surface area contributed by atoms with Crippen LogP contribution in [-0.2, 0) is 9.59 Å². The number of rotatable bonds is 8. The predicted molar refractivity (Wildman–Crippen MR) is 110 cm³/mol. The zero-order chi connectivity index (χ0) is 20.6. The number of hydrogen-bond acceptors (Lipinski definition) is 7. The molecule has 1 aromatic heterocycles. The molecule has 9 heteroatoms. The van der Waals surface area contributed by atoms with Crippen LogP contribution in [0.25, 0.3) is 0 Å². The molecule has 3 rings (SSSR count). The van der Waals surface area contributed by atoms with Crippen molar-refractivity contribution in [2.24, 2.45) is 0 Å². The van der Waals surface area contributed by atoms with Crippen LogP contribution >= 0.6 is 11.3 Å². The van der Waals surface area contributed by atoms with Crippen molar-refractivity contribution in [3.05, 3.63) is 35.2 Å². The Morgan fingerprint density at radius 2 is 1.97 bits per heavy atom. The Labute approximate surface area is 173 Å². The van der Waals surface area contributed by atoms with Crippen LogP contribution in [0, 0.1) is 11.3 Å². The predicted octanol–water partition coefficient (Wildman–Crippen LogP) is 2.68. The molecule has 2 amide bonds. The van der Waals surface area contributed by atoms with E-state index < -0.39 is 0 Å². The number of fused-ring (bicyclic) bond motifs is 1. The molecule has 0 radical (unpaired) electrons. The van der Waals surface area contributed by atoms with E-state index in [0.29, 0.717) is 54.1 Å². The number of amides is 2. The van der Waals surface area contributed by atoms with Crippen LogP contribution in [0.15, 0.2) is 29.6 Å². The van der Waals surface area contributed by atoms with Crippen molar-refractivity contribution in [1.82, 2.24) is 4.90 Å². The Bertz CT molecular complexity index is 921. The van der Waals surface area contributed by atoms with Crippen molar-refractivity contribution in [3.8, 4) is 17.6 Å². The minimum Gasteiger partial charge on any atom is -0.486 e. The maximum absolute atomic E-state index is 12.4. The molecule has 0 unspecified atom stereocenters. The number of benzene rings is 1. The summed E-state index contributed by atoms with van der Waals surface area (Å²) in [6, 6.07) is 8.99. The fourth-order valence-corrected chi connectivity index (χ4v) is 3.57. The quantitative estimate of drug-likeness (QED) is 0.688. The van der Waals surface area contributed by atoms with Crippen molar-refractivity contribution in [1.29, 1.82) is 5.26 Å². The minimum absolute atomic E-state index is 0.167. The largest absolute Gasteiger partial charge is 0.486 e. The second kappa shape index (κ2) is 9.91. The third-order valence-electron chi connectivity index (χ3n) is 4.33. The highest BCUT2D eigenvalue weighted by molar-refractivity contribution is 7.14. The van der Waals surface area contributed by atoms with Crippen LogP contribution in [0.1, 0.15) is 18.9 Å². The molecule has 2 aromatic rings. The maximum atomic E-state index is 12.4. The van der Waals surface area contributed by atoms with Gasteiger partial charge in [0.15, 0.2) is 11.5 Å². The summed E-state index contributed by atoms with van der Waals surface area (Å²) in [5.74, 6) is 0.924. The molecule has 0 aliphatic carbocycles. The highest BCUT2D eigenvalue weighted by Gasteiger charge is 2.15. The lowest BCUT2D eigenvalue weighted by molar-refractivity contribution is -0.119. The number of anilines is 2. The summed E-state index contributed by atoms with van der Waals surface area (Å²) < 4.78 is 11.0. The molecule has 0 spiro atoms. The molecule has 0 saturated carbocycles. The van der Waals surface area contributed by atoms with E-state index in [2.05, 4.69) is 10.6 Å². The maximum Gasteiger partial charge on any atom is 0.238 e. The van der Waals surface area contributed by atoms with E-state index in [1.165, 1.54) is 11.3 Å². The first-order valence-corrected chi connectivity index (χ1v) is 10.2. The molecule has 1 aliphatic heterocycles. The summed E-state index contributed by atoms with van der Waals surface area (Å²) in [5.41, 5.74) is 1.09. The molecule has 2 N–H and O–H groups in total. The fourth-order valence-electron chi connectivity index (χ4n) is 2.82. The molecule has 0 atom stereocenters. The smallest absolute Gasteiger partial charge is 0.238 e. The number of carbonyl (C=O) groups excluding carboxylic acids is 2. The van der Waals surface area contributed by atoms with Crippen molar-refractivity contribution in [2.75, 3.05) is 43.5 Å². The highest BCUT2D eigenvalue weighted by atomic mass is 32.1. The van der Waals surface area contributed by atoms with Crippen LogP contribution in [0.3, 0.4) is 0 Å². The Hall–Kier alpha value is -3.09. The third-order valence-corrected chi connectivity index (χ3v) is 5.16. The molecule has 0 bridgehead atoms. The molecule has 0 fully saturated rings. The Morgan fingerprint density at radius 3 is 2.72 bits per heavy atom. The van der Waals surface area contributed by atoms with Gasteiger partial charge in [0.2, 0.25) is 11.8 Å². The molecule has 152 valence electrons. The van der Waals surface area contributed by atoms with Gasteiger partial charge < -0.3 is 20.1 Å². The van der Waals surface area contributed by atoms with E-state index in [1.807, 2.05) is 17.9 Å². The first kappa shape index (κ1) is 20.6. The van der Waals surface area contributed by atoms with Gasteiger partial charge in [-0.3, -0.25) is 14.5 Å². The van der Waals surface area contributed by atoms with Gasteiger partial charge in [0.25, 0.3) is 0 Å². The summed E-state index contributed by atoms with van der Waals surface area (Å²) in [6.45, 7) is 4.16. The summed E-state index contributed by atoms with van der Waals surface area (Å²) in [7, 11) is 0. The van der Waals surface area contributed by atoms with Gasteiger partial charge in [-0.05, 0) is 30.1 Å². The topological polar surface area (TPSA) is 104 Å². The molecule has 2 heterocycles. The summed E-state index contributed by atoms with van der Waals surface area (Å²) in [4.78, 5) is 26.4. The van der Waals surface area contributed by atoms with Crippen LogP contribution < -0.4 is 20.1 Å². The number of thiophene rings is 1. The Balaban J connectivity index is 1.47. The second-order valence-electron chi connectivity index (χ2n) is 6.35. The molecule has 1 aromatic carbocycles. The van der Waals surface area contributed by atoms with Crippen molar-refractivity contribution >= 4 is 33.8 Å². The zero-order valence-corrected chi connectivity index (χ0v) is 16.9. The highest BCUT2D eigenvalue weighted by Crippen LogP contribution is 2.32. The molecular weight excluding hydrogens is 392 g/mol. The number of nitriles is 1. The second-order valence-corrected chi connectivity index (χ2v) is 7.26. The monoisotopic (exact) mass is 414 g/mol. The van der Waals surface area contributed by atoms with Crippen LogP contribution in [0.5, 0.6) is 11.5 Å². The third kappa shape index (κ3) is 5.70. The standard InChI is InChI=1S/C20H22N4O4S/c1-2-24(7-5-18(25)23-20-14(12-21)6-10-29-20)13-19(26)22-15-3-4-16-17(11-15)28-9-8-27-16/h3-4,6,10-11H,2,5,7-9,13H2,1H3,(H,22,26)(H,23,25). The average molecular weight is 414 g/mol. The van der Waals surface area contributed by atoms with Gasteiger partial charge in [0.1, 0.15) is 24.3 Å². The van der Waals surface area contributed by atoms with Gasteiger partial charge in [-0.15, -0.1) is 11.3 Å². The number of hydrogen-bond donors (Lipinski definition) is 2. The molecule has 8 nitrogen and oxygen atoms in total. The Kier molecular flexibility index (Phi) is 7.05. The van der Waals surface area contributed by atoms with Gasteiger partial charge >= 0.3 is 0 Å². The first-order chi connectivity index (χ1) is 14.1. The van der Waals surface area contributed by atoms with Crippen molar-refractivity contribution in [3.63, 3.8) is 0 Å². The SMILES string of the molecule is CCN(CCC(=O)Nc1sccc1C#N)CC(=O)Nc1ccc2c(c1)OCCO2. The molecule has 0 saturated heterocycles. The molecule has 29 heavy (non-hydrogen) atoms. The van der Waals surface area contributed by atoms with Crippen molar-refractivity contribution in [2.45, 2.75) is 13.3 Å². The fraction of sp³-hybridized carbons (Fsp3) is 0.350. The summed E-state index contributed by atoms with van der Waals surface area (Å²) >= 11 is 1.31. The van der Waals surface area contributed by atoms with Crippen LogP contribution in [-0.4, -0.2) is 49.6 Å². The van der Waals surface area contributed by atoms with Crippen LogP contribution in [0.4, 0.5) is 10.7 Å². The average Bonchev–Trinajstić information content (AvgIpc) is 3.18. The zero-order valence-electron chi connectivity index (χ0n) is 16.1. The summed E-state index contributed by atoms with van der Waals surface area (Å²) in [6.07, 6.45) is 0.230. The molecule has 1 aliphatic rings. The van der Waals surface area contributed by atoms with E-state index in [4.69, 9.17) is 14.7 Å². The number of nitrogens with one attached hydrogen (secondary N) is 2. The number of nitrogens with zero attached hydrogens (tertiary/aromatic N) is 2. The van der Waals surface area contributed by atoms with E-state index in [9.17, 15) is 9.59 Å². The van der Waals surface area contributed by atoms with Crippen LogP contribution in [0.2, 0.25) is 0 Å². The van der Waals surface area contributed by atoms with Gasteiger partial charge in [-0.1, -0.05) is 6.92 Å². The Morgan fingerprint density at radius 1 is 1.17 bits per heavy atom. The lowest BCUT2D eigenvalue weighted by Gasteiger charge is -2.21. The number of ether oxygens (including phenoxy) is 2. The molecular formula is C20H22N4O4S. The minimum atomic E-state index is -0.186. The lowest BCUT2D eigenvalue weighted by Crippen LogP contribution is -2.35. The normalized spacial score (nSPS) is 12.3. The number of likely N-dealkylation sites (N-methyl/N-ethyl adjacent to an activating group) is 1. The first-order valence-electron chi connectivity index (χ1n) is 9.28. The van der Waals surface area contributed by atoms with E-state index in [-0.39, 0.29) is 24.8 Å². The van der Waals surface area contributed by atoms with E-state index in [0.717, 1.165) is 0 Å². The van der Waals surface area contributed by atoms with Gasteiger partial charge in [0, 0.05) is 24.7 Å². The summed E-state index contributed by atoms with van der Waals surface area (Å²) in [5, 5.41) is 16.9. The lowest BCUT2D eigenvalue weighted by atomic mass is 10.2.